The average Bonchev–Trinajstić information content (AvgIpc) is 3.19. The summed E-state index contributed by atoms with van der Waals surface area (Å²) in [4.78, 5) is 18.0. The summed E-state index contributed by atoms with van der Waals surface area (Å²) in [7, 11) is 3.17. The Kier molecular flexibility index (Phi) is 4.74. The van der Waals surface area contributed by atoms with E-state index in [9.17, 15) is 4.79 Å². The third-order valence-corrected chi connectivity index (χ3v) is 5.46. The van der Waals surface area contributed by atoms with Crippen LogP contribution >= 0.6 is 0 Å². The Labute approximate surface area is 183 Å². The second-order valence-electron chi connectivity index (χ2n) is 7.32. The number of ether oxygens (including phenoxy) is 2. The van der Waals surface area contributed by atoms with Gasteiger partial charge in [0.05, 0.1) is 26.3 Å². The van der Waals surface area contributed by atoms with Crippen LogP contribution in [0.2, 0.25) is 0 Å². The maximum Gasteiger partial charge on any atom is 0.264 e. The zero-order chi connectivity index (χ0) is 22.2. The Bertz CT molecular complexity index is 1500. The Balaban J connectivity index is 1.75. The topological polar surface area (TPSA) is 97.2 Å². The molecule has 0 spiro atoms. The minimum absolute atomic E-state index is 0.207. The predicted molar refractivity (Wildman–Crippen MR) is 124 cm³/mol. The summed E-state index contributed by atoms with van der Waals surface area (Å²) in [5, 5.41) is 5.86. The highest BCUT2D eigenvalue weighted by Gasteiger charge is 2.20. The van der Waals surface area contributed by atoms with Crippen molar-refractivity contribution in [2.24, 2.45) is 0 Å². The lowest BCUT2D eigenvalue weighted by atomic mass is 10.1. The van der Waals surface area contributed by atoms with E-state index in [4.69, 9.17) is 15.2 Å². The molecule has 0 aliphatic heterocycles. The van der Waals surface area contributed by atoms with E-state index in [-0.39, 0.29) is 11.4 Å². The number of pyridine rings is 2. The highest BCUT2D eigenvalue weighted by Crippen LogP contribution is 2.28. The van der Waals surface area contributed by atoms with Gasteiger partial charge in [0.1, 0.15) is 22.5 Å². The van der Waals surface area contributed by atoms with Gasteiger partial charge < -0.3 is 19.8 Å². The Morgan fingerprint density at radius 1 is 0.938 bits per heavy atom. The summed E-state index contributed by atoms with van der Waals surface area (Å²) >= 11 is 0. The van der Waals surface area contributed by atoms with Gasteiger partial charge in [-0.1, -0.05) is 36.4 Å². The summed E-state index contributed by atoms with van der Waals surface area (Å²) in [5.74, 6) is 1.91. The van der Waals surface area contributed by atoms with Crippen molar-refractivity contribution in [1.29, 1.82) is 0 Å². The van der Waals surface area contributed by atoms with Crippen LogP contribution in [0.1, 0.15) is 5.56 Å². The van der Waals surface area contributed by atoms with Crippen LogP contribution in [0.5, 0.6) is 11.6 Å². The van der Waals surface area contributed by atoms with Gasteiger partial charge in [-0.2, -0.15) is 14.8 Å². The molecule has 0 bridgehead atoms. The number of rotatable bonds is 5. The monoisotopic (exact) mass is 427 g/mol. The second-order valence-corrected chi connectivity index (χ2v) is 7.32. The molecule has 0 unspecified atom stereocenters. The van der Waals surface area contributed by atoms with E-state index in [1.807, 2.05) is 48.5 Å². The zero-order valence-electron chi connectivity index (χ0n) is 17.6. The molecule has 3 heterocycles. The van der Waals surface area contributed by atoms with Gasteiger partial charge in [-0.3, -0.25) is 4.79 Å². The highest BCUT2D eigenvalue weighted by atomic mass is 16.5. The minimum atomic E-state index is -0.207. The number of fused-ring (bicyclic) bond motifs is 3. The predicted octanol–water partition coefficient (Wildman–Crippen LogP) is 3.38. The molecular formula is C24H21N5O3. The molecule has 5 aromatic rings. The Hall–Kier alpha value is -4.33. The molecule has 0 radical (unpaired) electrons. The number of hydrogen-bond donors (Lipinski definition) is 1. The Morgan fingerprint density at radius 3 is 2.47 bits per heavy atom. The molecule has 3 aromatic heterocycles. The summed E-state index contributed by atoms with van der Waals surface area (Å²) < 4.78 is 13.7. The molecule has 2 N–H and O–H groups in total. The van der Waals surface area contributed by atoms with Crippen molar-refractivity contribution in [2.75, 3.05) is 20.0 Å². The third kappa shape index (κ3) is 3.13. The van der Waals surface area contributed by atoms with Crippen LogP contribution in [0.25, 0.3) is 27.6 Å². The first-order valence-electron chi connectivity index (χ1n) is 10.0. The number of aromatic nitrogens is 4. The lowest BCUT2D eigenvalue weighted by molar-refractivity contribution is 0.397. The van der Waals surface area contributed by atoms with Crippen LogP contribution < -0.4 is 20.8 Å². The van der Waals surface area contributed by atoms with Crippen molar-refractivity contribution in [2.45, 2.75) is 6.54 Å². The molecule has 2 aromatic carbocycles. The zero-order valence-corrected chi connectivity index (χ0v) is 17.6. The van der Waals surface area contributed by atoms with Crippen molar-refractivity contribution >= 4 is 27.6 Å². The van der Waals surface area contributed by atoms with E-state index in [0.717, 1.165) is 22.2 Å². The van der Waals surface area contributed by atoms with Gasteiger partial charge >= 0.3 is 0 Å². The fourth-order valence-corrected chi connectivity index (χ4v) is 3.86. The number of nitrogens with zero attached hydrogens (tertiary/aromatic N) is 4. The number of anilines is 1. The molecule has 0 saturated heterocycles. The number of benzene rings is 2. The molecule has 8 nitrogen and oxygen atoms in total. The quantitative estimate of drug-likeness (QED) is 0.462. The molecular weight excluding hydrogens is 406 g/mol. The Morgan fingerprint density at radius 2 is 1.72 bits per heavy atom. The van der Waals surface area contributed by atoms with E-state index < -0.39 is 0 Å². The lowest BCUT2D eigenvalue weighted by Crippen LogP contribution is -2.22. The molecule has 0 aliphatic carbocycles. The normalized spacial score (nSPS) is 11.2. The van der Waals surface area contributed by atoms with Crippen molar-refractivity contribution in [3.05, 3.63) is 82.6 Å². The standard InChI is InChI=1S/C24H21N5O3/c1-31-16-12-10-15(11-13-16)14-28-18-7-4-3-6-17(18)22-21(24(28)30)23(25)29(27-22)19-8-5-9-20(26-19)32-2/h3-13H,14,25H2,1-2H3. The van der Waals surface area contributed by atoms with E-state index in [1.54, 1.807) is 37.0 Å². The minimum Gasteiger partial charge on any atom is -0.497 e. The molecule has 0 fully saturated rings. The van der Waals surface area contributed by atoms with Gasteiger partial charge in [0.2, 0.25) is 5.88 Å². The molecule has 8 heteroatoms. The maximum atomic E-state index is 13.6. The fourth-order valence-electron chi connectivity index (χ4n) is 3.86. The first-order valence-corrected chi connectivity index (χ1v) is 10.0. The molecule has 0 atom stereocenters. The number of nitrogens with two attached hydrogens (primary N) is 1. The van der Waals surface area contributed by atoms with Crippen LogP contribution in [0, 0.1) is 0 Å². The molecule has 5 rings (SSSR count). The number of hydrogen-bond acceptors (Lipinski definition) is 6. The van der Waals surface area contributed by atoms with Gasteiger partial charge in [0, 0.05) is 11.5 Å². The van der Waals surface area contributed by atoms with Crippen molar-refractivity contribution in [1.82, 2.24) is 19.3 Å². The van der Waals surface area contributed by atoms with E-state index in [1.165, 1.54) is 4.68 Å². The summed E-state index contributed by atoms with van der Waals surface area (Å²) in [6.07, 6.45) is 0. The molecule has 0 aliphatic rings. The summed E-state index contributed by atoms with van der Waals surface area (Å²) in [5.41, 5.74) is 8.53. The molecule has 160 valence electrons. The first-order chi connectivity index (χ1) is 15.6. The van der Waals surface area contributed by atoms with Gasteiger partial charge in [0.15, 0.2) is 5.82 Å². The largest absolute Gasteiger partial charge is 0.497 e. The molecule has 32 heavy (non-hydrogen) atoms. The van der Waals surface area contributed by atoms with Crippen LogP contribution in [0.15, 0.2) is 71.5 Å². The van der Waals surface area contributed by atoms with Crippen LogP contribution in [-0.2, 0) is 6.54 Å². The number of methoxy groups -OCH3 is 2. The van der Waals surface area contributed by atoms with Crippen LogP contribution in [-0.4, -0.2) is 33.6 Å². The second kappa shape index (κ2) is 7.73. The fraction of sp³-hybridized carbons (Fsp3) is 0.125. The van der Waals surface area contributed by atoms with Gasteiger partial charge in [-0.05, 0) is 29.8 Å². The van der Waals surface area contributed by atoms with E-state index in [0.29, 0.717) is 29.1 Å². The van der Waals surface area contributed by atoms with Crippen molar-refractivity contribution in [3.63, 3.8) is 0 Å². The van der Waals surface area contributed by atoms with Gasteiger partial charge in [0.25, 0.3) is 5.56 Å². The van der Waals surface area contributed by atoms with Crippen molar-refractivity contribution in [3.8, 4) is 17.4 Å². The molecule has 0 saturated carbocycles. The van der Waals surface area contributed by atoms with Crippen LogP contribution in [0.3, 0.4) is 0 Å². The summed E-state index contributed by atoms with van der Waals surface area (Å²) in [6, 6.07) is 20.6. The van der Waals surface area contributed by atoms with Gasteiger partial charge in [-0.15, -0.1) is 0 Å². The maximum absolute atomic E-state index is 13.6. The highest BCUT2D eigenvalue weighted by molar-refractivity contribution is 6.07. The van der Waals surface area contributed by atoms with Gasteiger partial charge in [-0.25, -0.2) is 0 Å². The first kappa shape index (κ1) is 19.6. The van der Waals surface area contributed by atoms with Crippen molar-refractivity contribution < 1.29 is 9.47 Å². The van der Waals surface area contributed by atoms with E-state index >= 15 is 0 Å². The summed E-state index contributed by atoms with van der Waals surface area (Å²) in [6.45, 7) is 0.390. The smallest absolute Gasteiger partial charge is 0.264 e. The number of nitrogen functional groups attached to an aromatic ring is 1. The number of para-hydroxylation sites is 1. The lowest BCUT2D eigenvalue weighted by Gasteiger charge is -2.11. The van der Waals surface area contributed by atoms with E-state index in [2.05, 4.69) is 10.1 Å². The average molecular weight is 427 g/mol. The molecule has 0 amide bonds. The third-order valence-electron chi connectivity index (χ3n) is 5.46. The SMILES string of the molecule is COc1ccc(Cn2c(=O)c3c(N)n(-c4cccc(OC)n4)nc3c3ccccc32)cc1. The van der Waals surface area contributed by atoms with Crippen LogP contribution in [0.4, 0.5) is 5.82 Å².